The molecule has 3 rings (SSSR count). The Labute approximate surface area is 254 Å². The van der Waals surface area contributed by atoms with Crippen LogP contribution in [0.5, 0.6) is 0 Å². The lowest BCUT2D eigenvalue weighted by atomic mass is 9.63. The van der Waals surface area contributed by atoms with E-state index in [-0.39, 0.29) is 11.8 Å². The van der Waals surface area contributed by atoms with Gasteiger partial charge in [-0.05, 0) is 35.7 Å². The molecular formula is C35H52O6Si. The first-order valence-electron chi connectivity index (χ1n) is 14.9. The average Bonchev–Trinajstić information content (AvgIpc) is 2.94. The van der Waals surface area contributed by atoms with Gasteiger partial charge in [0.2, 0.25) is 0 Å². The van der Waals surface area contributed by atoms with E-state index in [1.54, 1.807) is 13.2 Å². The van der Waals surface area contributed by atoms with Gasteiger partial charge in [-0.1, -0.05) is 114 Å². The first-order valence-corrected chi connectivity index (χ1v) is 17.8. The SMILES string of the molecule is C=CC[C@@]1(O)[C@@H](OCc2ccccc2)/C=C\[C@@H](OCOC)[C@H](OCc2ccccc2)[C@H](O[Si](C)(C)C(C)(C)C)C1(C)C. The van der Waals surface area contributed by atoms with E-state index in [1.165, 1.54) is 0 Å². The average molecular weight is 597 g/mol. The maximum absolute atomic E-state index is 12.7. The lowest BCUT2D eigenvalue weighted by molar-refractivity contribution is -0.226. The molecule has 2 aromatic carbocycles. The number of hydrogen-bond donors (Lipinski definition) is 1. The van der Waals surface area contributed by atoms with Gasteiger partial charge < -0.3 is 28.5 Å². The standard InChI is InChI=1S/C35H52O6Si/c1-10-23-35(36)30(38-24-27-17-13-11-14-18-27)22-21-29(40-26-37-7)31(39-25-28-19-15-12-16-20-28)32(34(35,5)6)41-42(8,9)33(2,3)4/h10-22,29-32,36H,1,23-26H2,2-9H3/b22-21-/t29-,30+,31+,32+,35-/m1/s1. The summed E-state index contributed by atoms with van der Waals surface area (Å²) in [5, 5.41) is 12.7. The van der Waals surface area contributed by atoms with Crippen molar-refractivity contribution >= 4 is 8.32 Å². The van der Waals surface area contributed by atoms with Gasteiger partial charge in [-0.3, -0.25) is 0 Å². The summed E-state index contributed by atoms with van der Waals surface area (Å²) in [6, 6.07) is 20.1. The Bertz CT molecular complexity index is 1130. The van der Waals surface area contributed by atoms with E-state index >= 15 is 0 Å². The number of benzene rings is 2. The Morgan fingerprint density at radius 3 is 1.93 bits per heavy atom. The molecule has 232 valence electrons. The van der Waals surface area contributed by atoms with Crippen LogP contribution in [0, 0.1) is 5.41 Å². The van der Waals surface area contributed by atoms with E-state index in [9.17, 15) is 5.11 Å². The van der Waals surface area contributed by atoms with Gasteiger partial charge in [0, 0.05) is 12.5 Å². The highest BCUT2D eigenvalue weighted by Gasteiger charge is 2.59. The fraction of sp³-hybridized carbons (Fsp3) is 0.543. The minimum atomic E-state index is -2.38. The Balaban J connectivity index is 2.15. The second-order valence-electron chi connectivity index (χ2n) is 13.3. The number of aliphatic hydroxyl groups is 1. The molecule has 0 radical (unpaired) electrons. The zero-order valence-corrected chi connectivity index (χ0v) is 27.8. The van der Waals surface area contributed by atoms with Gasteiger partial charge in [0.15, 0.2) is 8.32 Å². The second kappa shape index (κ2) is 14.6. The minimum absolute atomic E-state index is 0.0755. The number of ether oxygens (including phenoxy) is 4. The van der Waals surface area contributed by atoms with E-state index < -0.39 is 43.7 Å². The maximum atomic E-state index is 12.7. The van der Waals surface area contributed by atoms with Gasteiger partial charge in [-0.25, -0.2) is 0 Å². The summed E-state index contributed by atoms with van der Waals surface area (Å²) in [6.45, 7) is 20.0. The molecule has 0 saturated heterocycles. The van der Waals surface area contributed by atoms with Crippen molar-refractivity contribution in [3.8, 4) is 0 Å². The van der Waals surface area contributed by atoms with Crippen LogP contribution in [-0.4, -0.2) is 57.3 Å². The molecule has 0 saturated carbocycles. The summed E-state index contributed by atoms with van der Waals surface area (Å²) in [7, 11) is -0.772. The van der Waals surface area contributed by atoms with Crippen molar-refractivity contribution in [2.75, 3.05) is 13.9 Å². The third-order valence-electron chi connectivity index (χ3n) is 9.01. The molecule has 6 nitrogen and oxygen atoms in total. The quantitative estimate of drug-likeness (QED) is 0.147. The monoisotopic (exact) mass is 596 g/mol. The smallest absolute Gasteiger partial charge is 0.192 e. The minimum Gasteiger partial charge on any atom is -0.411 e. The van der Waals surface area contributed by atoms with Crippen LogP contribution in [0.1, 0.15) is 52.2 Å². The molecule has 0 fully saturated rings. The first-order chi connectivity index (χ1) is 19.8. The summed E-state index contributed by atoms with van der Waals surface area (Å²) in [5.41, 5.74) is -0.160. The maximum Gasteiger partial charge on any atom is 0.192 e. The predicted octanol–water partition coefficient (Wildman–Crippen LogP) is 7.44. The Kier molecular flexibility index (Phi) is 11.9. The summed E-state index contributed by atoms with van der Waals surface area (Å²) < 4.78 is 32.1. The van der Waals surface area contributed by atoms with Gasteiger partial charge in [0.05, 0.1) is 19.3 Å². The third kappa shape index (κ3) is 8.08. The molecule has 0 spiro atoms. The molecule has 0 heterocycles. The molecule has 7 heteroatoms. The highest BCUT2D eigenvalue weighted by Crippen LogP contribution is 2.49. The molecule has 1 aliphatic carbocycles. The van der Waals surface area contributed by atoms with Gasteiger partial charge in [-0.2, -0.15) is 0 Å². The zero-order chi connectivity index (χ0) is 31.0. The van der Waals surface area contributed by atoms with Crippen LogP contribution in [0.3, 0.4) is 0 Å². The Morgan fingerprint density at radius 2 is 1.43 bits per heavy atom. The van der Waals surface area contributed by atoms with Crippen molar-refractivity contribution in [3.05, 3.63) is 96.6 Å². The van der Waals surface area contributed by atoms with Crippen molar-refractivity contribution in [3.63, 3.8) is 0 Å². The normalized spacial score (nSPS) is 27.2. The van der Waals surface area contributed by atoms with Crippen LogP contribution in [0.4, 0.5) is 0 Å². The Hall–Kier alpha value is -2.10. The van der Waals surface area contributed by atoms with Crippen molar-refractivity contribution in [2.24, 2.45) is 5.41 Å². The van der Waals surface area contributed by atoms with Crippen LogP contribution >= 0.6 is 0 Å². The van der Waals surface area contributed by atoms with E-state index in [2.05, 4.69) is 54.3 Å². The molecule has 0 amide bonds. The van der Waals surface area contributed by atoms with Gasteiger partial charge in [0.1, 0.15) is 30.7 Å². The molecule has 0 aromatic heterocycles. The summed E-state index contributed by atoms with van der Waals surface area (Å²) in [6.07, 6.45) is 3.63. The number of methoxy groups -OCH3 is 1. The van der Waals surface area contributed by atoms with Crippen LogP contribution in [0.25, 0.3) is 0 Å². The van der Waals surface area contributed by atoms with Gasteiger partial charge >= 0.3 is 0 Å². The van der Waals surface area contributed by atoms with E-state index in [0.717, 1.165) is 11.1 Å². The topological polar surface area (TPSA) is 66.4 Å². The first kappa shape index (κ1) is 34.4. The molecule has 2 aromatic rings. The fourth-order valence-electron chi connectivity index (χ4n) is 5.18. The zero-order valence-electron chi connectivity index (χ0n) is 26.8. The summed E-state index contributed by atoms with van der Waals surface area (Å²) in [5.74, 6) is 0. The molecule has 5 atom stereocenters. The van der Waals surface area contributed by atoms with Crippen molar-refractivity contribution in [1.29, 1.82) is 0 Å². The van der Waals surface area contributed by atoms with Crippen LogP contribution in [0.2, 0.25) is 18.1 Å². The molecule has 42 heavy (non-hydrogen) atoms. The van der Waals surface area contributed by atoms with Crippen molar-refractivity contribution < 1.29 is 28.5 Å². The molecule has 0 aliphatic heterocycles. The van der Waals surface area contributed by atoms with E-state index in [1.807, 2.05) is 72.8 Å². The van der Waals surface area contributed by atoms with Crippen molar-refractivity contribution in [1.82, 2.24) is 0 Å². The van der Waals surface area contributed by atoms with E-state index in [0.29, 0.717) is 19.6 Å². The summed E-state index contributed by atoms with van der Waals surface area (Å²) in [4.78, 5) is 0. The van der Waals surface area contributed by atoms with Crippen LogP contribution < -0.4 is 0 Å². The van der Waals surface area contributed by atoms with Gasteiger partial charge in [-0.15, -0.1) is 6.58 Å². The third-order valence-corrected chi connectivity index (χ3v) is 13.5. The molecule has 0 bridgehead atoms. The number of rotatable bonds is 13. The lowest BCUT2D eigenvalue weighted by Crippen LogP contribution is -2.66. The fourth-order valence-corrected chi connectivity index (χ4v) is 6.60. The van der Waals surface area contributed by atoms with E-state index in [4.69, 9.17) is 23.4 Å². The lowest BCUT2D eigenvalue weighted by Gasteiger charge is -2.55. The molecule has 1 aliphatic rings. The predicted molar refractivity (Wildman–Crippen MR) is 172 cm³/mol. The molecule has 0 unspecified atom stereocenters. The Morgan fingerprint density at radius 1 is 0.881 bits per heavy atom. The molecule has 1 N–H and O–H groups in total. The van der Waals surface area contributed by atoms with Crippen molar-refractivity contribution in [2.45, 2.75) is 102 Å². The highest BCUT2D eigenvalue weighted by molar-refractivity contribution is 6.74. The van der Waals surface area contributed by atoms with Gasteiger partial charge in [0.25, 0.3) is 0 Å². The van der Waals surface area contributed by atoms with Crippen LogP contribution in [-0.2, 0) is 36.6 Å². The second-order valence-corrected chi connectivity index (χ2v) is 18.1. The molecular weight excluding hydrogens is 544 g/mol. The largest absolute Gasteiger partial charge is 0.411 e. The summed E-state index contributed by atoms with van der Waals surface area (Å²) >= 11 is 0. The van der Waals surface area contributed by atoms with Crippen LogP contribution in [0.15, 0.2) is 85.5 Å². The number of hydrogen-bond acceptors (Lipinski definition) is 6. The highest BCUT2D eigenvalue weighted by atomic mass is 28.4.